The summed E-state index contributed by atoms with van der Waals surface area (Å²) >= 11 is 0. The van der Waals surface area contributed by atoms with Crippen LogP contribution in [0.3, 0.4) is 0 Å². The van der Waals surface area contributed by atoms with E-state index in [1.54, 1.807) is 0 Å². The van der Waals surface area contributed by atoms with Crippen molar-refractivity contribution in [2.45, 2.75) is 116 Å². The van der Waals surface area contributed by atoms with E-state index in [4.69, 9.17) is 157 Å². The van der Waals surface area contributed by atoms with Crippen molar-refractivity contribution in [3.63, 3.8) is 0 Å². The number of hydrogen-bond acceptors (Lipinski definition) is 36. The third kappa shape index (κ3) is 93.7. The maximum atomic E-state index is 10.6. The first-order valence-corrected chi connectivity index (χ1v) is 20.3. The predicted octanol–water partition coefficient (Wildman–Crippen LogP) is -2.69. The Bertz CT molecular complexity index is 1670. The molecule has 56 nitrogen and oxygen atoms in total. The zero-order chi connectivity index (χ0) is 62.6. The molecule has 0 saturated carbocycles. The first-order chi connectivity index (χ1) is 35.7. The van der Waals surface area contributed by atoms with Crippen LogP contribution in [-0.4, -0.2) is 164 Å². The van der Waals surface area contributed by atoms with Crippen molar-refractivity contribution in [3.05, 3.63) is 123 Å². The summed E-state index contributed by atoms with van der Waals surface area (Å²) < 4.78 is 0. The normalized spacial score (nSPS) is 13.8. The number of piperidine rings is 6. The Balaban J connectivity index is -0.0000000342. The van der Waals surface area contributed by atoms with E-state index < -0.39 is 30.5 Å². The molecule has 30 N–H and O–H groups in total. The molecule has 6 rings (SSSR count). The predicted molar refractivity (Wildman–Crippen MR) is 301 cm³/mol. The summed E-state index contributed by atoms with van der Waals surface area (Å²) in [4.78, 5) is 49.5. The van der Waals surface area contributed by atoms with Gasteiger partial charge in [0, 0.05) is 77.0 Å². The Morgan fingerprint density at radius 2 is 0.250 bits per heavy atom. The Hall–Kier alpha value is -7.40. The molecule has 6 aliphatic rings. The summed E-state index contributed by atoms with van der Waals surface area (Å²) in [7, 11) is 0. The minimum absolute atomic E-state index is 0. The molecule has 6 heterocycles. The van der Waals surface area contributed by atoms with Gasteiger partial charge in [0.2, 0.25) is 0 Å². The molecule has 6 radical (unpaired) electrons. The number of nitrogens with zero attached hydrogens (tertiary/aromatic N) is 12. The van der Waals surface area contributed by atoms with Gasteiger partial charge in [-0.3, -0.25) is 64.9 Å². The van der Waals surface area contributed by atoms with Crippen molar-refractivity contribution in [3.8, 4) is 0 Å². The third-order valence-corrected chi connectivity index (χ3v) is 7.90. The van der Waals surface area contributed by atoms with E-state index in [0.29, 0.717) is 107 Å². The molecule has 62 heteroatoms. The Morgan fingerprint density at radius 3 is 0.283 bits per heavy atom. The second-order valence-electron chi connectivity index (χ2n) is 13.6. The largest absolute Gasteiger partial charge is 2.00 e. The van der Waals surface area contributed by atoms with Gasteiger partial charge in [-0.2, -0.15) is 0 Å². The fourth-order valence-electron chi connectivity index (χ4n) is 4.74. The van der Waals surface area contributed by atoms with Crippen LogP contribution in [0, 0.1) is 188 Å². The molecule has 92 heavy (non-hydrogen) atoms. The Labute approximate surface area is 577 Å². The van der Waals surface area contributed by atoms with Gasteiger partial charge in [-0.15, -0.1) is 0 Å². The smallest absolute Gasteiger partial charge is 0.752 e. The van der Waals surface area contributed by atoms with Gasteiger partial charge in [0.25, 0.3) is 0 Å². The molecule has 0 amide bonds. The van der Waals surface area contributed by atoms with Crippen LogP contribution in [0.4, 0.5) is 0 Å². The summed E-state index contributed by atoms with van der Waals surface area (Å²) in [5.41, 5.74) is 0. The maximum Gasteiger partial charge on any atom is 2.00 e. The minimum atomic E-state index is -1.75. The summed E-state index contributed by atoms with van der Waals surface area (Å²) in [6.45, 7) is 0. The fourth-order valence-corrected chi connectivity index (χ4v) is 4.74. The van der Waals surface area contributed by atoms with E-state index in [1.165, 1.54) is 0 Å². The number of rotatable bonds is 0. The number of nitrogens with one attached hydrogen (secondary N) is 12. The first-order valence-electron chi connectivity index (χ1n) is 20.3. The number of amidine groups is 12. The van der Waals surface area contributed by atoms with Gasteiger partial charge in [-0.25, -0.2) is 0 Å². The summed E-state index contributed by atoms with van der Waals surface area (Å²) in [5, 5.41) is 238. The van der Waals surface area contributed by atoms with Crippen molar-refractivity contribution in [1.29, 1.82) is 64.9 Å². The third-order valence-electron chi connectivity index (χ3n) is 7.90. The summed E-state index contributed by atoms with van der Waals surface area (Å²) in [6.07, 6.45) is 10.9. The van der Waals surface area contributed by atoms with Crippen LogP contribution >= 0.6 is 0 Å². The van der Waals surface area contributed by atoms with Gasteiger partial charge < -0.3 is 197 Å². The summed E-state index contributed by atoms with van der Waals surface area (Å²) in [5.74, 6) is 0.236. The monoisotopic (exact) mass is 1650 g/mol. The van der Waals surface area contributed by atoms with Gasteiger partial charge in [0.15, 0.2) is 0 Å². The molecule has 0 aliphatic carbocycles. The molecule has 0 aromatic rings. The second kappa shape index (κ2) is 83.6. The topological polar surface area (TPSA) is 1100 Å². The van der Waals surface area contributed by atoms with E-state index in [-0.39, 0.29) is 216 Å². The second-order valence-corrected chi connectivity index (χ2v) is 13.6. The van der Waals surface area contributed by atoms with Crippen molar-refractivity contribution >= 4 is 70.0 Å². The first kappa shape index (κ1) is 142. The maximum absolute atomic E-state index is 10.6. The van der Waals surface area contributed by atoms with E-state index in [9.17, 15) is 31.2 Å². The van der Waals surface area contributed by atoms with Crippen molar-refractivity contribution in [2.24, 2.45) is 0 Å². The quantitative estimate of drug-likeness (QED) is 0.0508. The zero-order valence-electron chi connectivity index (χ0n) is 45.9. The van der Waals surface area contributed by atoms with Crippen molar-refractivity contribution in [1.82, 2.24) is 30.4 Å². The molecular weight excluding hydrogens is 1590 g/mol. The molecule has 0 atom stereocenters. The molecule has 6 saturated heterocycles. The van der Waals surface area contributed by atoms with E-state index in [0.717, 1.165) is 38.5 Å². The Morgan fingerprint density at radius 1 is 0.207 bits per heavy atom. The van der Waals surface area contributed by atoms with E-state index in [1.807, 2.05) is 0 Å². The molecule has 562 valence electrons. The summed E-state index contributed by atoms with van der Waals surface area (Å²) in [6, 6.07) is 0. The van der Waals surface area contributed by atoms with Crippen LogP contribution in [0.15, 0.2) is 0 Å². The van der Waals surface area contributed by atoms with E-state index >= 15 is 0 Å². The van der Waals surface area contributed by atoms with Gasteiger partial charge in [-0.05, 0) is 38.5 Å². The average Bonchev–Trinajstić information content (AvgIpc) is 3.29. The number of hydroxylamine groups is 12. The number of hydrogen-bond donors (Lipinski definition) is 12. The van der Waals surface area contributed by atoms with E-state index in [2.05, 4.69) is 0 Å². The molecule has 0 aromatic carbocycles. The van der Waals surface area contributed by atoms with Crippen LogP contribution in [0.5, 0.6) is 0 Å². The van der Waals surface area contributed by atoms with Gasteiger partial charge in [-0.1, -0.05) is 0 Å². The van der Waals surface area contributed by atoms with Crippen LogP contribution in [-0.2, 0) is 113 Å². The Kier molecular flexibility index (Phi) is 129. The minimum Gasteiger partial charge on any atom is -0.752 e. The molecule has 6 fully saturated rings. The van der Waals surface area contributed by atoms with Crippen molar-refractivity contribution in [2.75, 3.05) is 0 Å². The molecule has 0 spiro atoms. The molecule has 0 bridgehead atoms. The molecule has 0 unspecified atom stereocenters. The molecule has 0 aromatic heterocycles. The van der Waals surface area contributed by atoms with Gasteiger partial charge >= 0.3 is 102 Å². The molecular formula is C30H66Cu6N24O32+2. The fraction of sp³-hybridized carbons (Fsp3) is 0.600. The van der Waals surface area contributed by atoms with Gasteiger partial charge in [0.1, 0.15) is 0 Å². The van der Waals surface area contributed by atoms with Crippen LogP contribution in [0.25, 0.3) is 0 Å². The zero-order valence-corrected chi connectivity index (χ0v) is 51.5. The standard InChI is InChI=1S/6C5H8N3O.6Cu.6NO3.8H2O/c6*6-4-2-1-3-5(7)8(4)9;;;;;;;6*2-1(3)4;;;;;;;;/h6*6-7H,1-3H2;;;;;;;;;;;;;8*1H2/q6*-1;6*+2;6*-1;;;;;;;;/p+2. The van der Waals surface area contributed by atoms with Crippen LogP contribution < -0.4 is 0 Å². The molecule has 6 aliphatic heterocycles. The van der Waals surface area contributed by atoms with Crippen LogP contribution in [0.1, 0.15) is 116 Å². The van der Waals surface area contributed by atoms with Crippen molar-refractivity contribution < 1.29 is 177 Å². The van der Waals surface area contributed by atoms with Crippen LogP contribution in [0.2, 0.25) is 0 Å². The average molecular weight is 1660 g/mol. The SMILES string of the molecule is N=C1CCCC(=N)N1[O-].N=C1CCCC(=N)N1[O-].N=C1CCCC(=N)N1[O-].N=C1CCCC(=N)N1[O-].N=C1CCCC(=N)N1[O-].N=C1CCCC(=N)N1[O-].O.O.O.O.O.O.O=[N+]([O-])[O-].O=[N+]([O-])[O-].O=[N+]([O-])[O-].O=[N+]([O-])[O-].O=[N+]([O-])[O-].O=[N+]([O-])[O-].[Cu+2].[Cu+2].[Cu+2].[Cu+2].[Cu+2].[Cu+2].[OH3+].[OH3+]. The van der Waals surface area contributed by atoms with Gasteiger partial charge in [0.05, 0.1) is 101 Å².